The van der Waals surface area contributed by atoms with Gasteiger partial charge >= 0.3 is 0 Å². The molecule has 0 spiro atoms. The van der Waals surface area contributed by atoms with Crippen LogP contribution < -0.4 is 4.74 Å². The molecule has 0 bridgehead atoms. The van der Waals surface area contributed by atoms with Crippen LogP contribution in [0.15, 0.2) is 47.1 Å². The summed E-state index contributed by atoms with van der Waals surface area (Å²) in [6.45, 7) is 2.92. The van der Waals surface area contributed by atoms with Crippen molar-refractivity contribution in [2.24, 2.45) is 5.92 Å². The summed E-state index contributed by atoms with van der Waals surface area (Å²) in [6.07, 6.45) is 7.68. The first-order chi connectivity index (χ1) is 15.1. The van der Waals surface area contributed by atoms with Gasteiger partial charge in [-0.05, 0) is 62.1 Å². The van der Waals surface area contributed by atoms with Gasteiger partial charge in [0.15, 0.2) is 0 Å². The molecule has 0 N–H and O–H groups in total. The zero-order valence-corrected chi connectivity index (χ0v) is 19.2. The number of likely N-dealkylation sites (tertiary alicyclic amines) is 2. The first-order valence-corrected chi connectivity index (χ1v) is 11.9. The molecule has 0 radical (unpaired) electrons. The lowest BCUT2D eigenvalue weighted by atomic mass is 9.94. The van der Waals surface area contributed by atoms with E-state index in [1.54, 1.807) is 18.3 Å². The summed E-state index contributed by atoms with van der Waals surface area (Å²) in [5, 5.41) is 0. The summed E-state index contributed by atoms with van der Waals surface area (Å²) in [5.74, 6) is 1.13. The predicted octanol–water partition coefficient (Wildman–Crippen LogP) is 4.89. The molecular weight excluding hydrogens is 458 g/mol. The van der Waals surface area contributed by atoms with E-state index in [1.165, 1.54) is 12.8 Å². The quantitative estimate of drug-likeness (QED) is 0.618. The monoisotopic (exact) mass is 485 g/mol. The molecule has 7 heteroatoms. The molecule has 2 saturated heterocycles. The Morgan fingerprint density at radius 2 is 1.58 bits per heavy atom. The van der Waals surface area contributed by atoms with Gasteiger partial charge in [0.1, 0.15) is 11.3 Å². The third kappa shape index (κ3) is 5.45. The first-order valence-electron chi connectivity index (χ1n) is 11.1. The number of benzene rings is 1. The van der Waals surface area contributed by atoms with E-state index in [-0.39, 0.29) is 17.7 Å². The number of ether oxygens (including phenoxy) is 1. The molecule has 0 atom stereocenters. The zero-order valence-electron chi connectivity index (χ0n) is 17.6. The summed E-state index contributed by atoms with van der Waals surface area (Å²) < 4.78 is 6.84. The number of carbonyl (C=O) groups is 2. The van der Waals surface area contributed by atoms with E-state index in [9.17, 15) is 9.59 Å². The third-order valence-corrected chi connectivity index (χ3v) is 6.61. The number of carbonyl (C=O) groups excluding carboxylic acids is 2. The molecule has 2 aliphatic rings. The average molecular weight is 486 g/mol. The minimum atomic E-state index is -0.0964. The fourth-order valence-electron chi connectivity index (χ4n) is 4.30. The fourth-order valence-corrected chi connectivity index (χ4v) is 4.56. The number of halogens is 1. The van der Waals surface area contributed by atoms with Crippen LogP contribution >= 0.6 is 15.9 Å². The number of amides is 2. The highest BCUT2D eigenvalue weighted by Crippen LogP contribution is 2.28. The van der Waals surface area contributed by atoms with Crippen molar-refractivity contribution in [3.05, 3.63) is 52.6 Å². The molecular formula is C24H28BrN3O3. The Labute approximate surface area is 191 Å². The SMILES string of the molecule is O=C(c1cccnc1Oc1ccc(Br)cc1)N1CCC(C(=O)N2CCCCCC2)CC1. The smallest absolute Gasteiger partial charge is 0.259 e. The van der Waals surface area contributed by atoms with Gasteiger partial charge in [0.25, 0.3) is 5.91 Å². The van der Waals surface area contributed by atoms with Crippen LogP contribution in [0.3, 0.4) is 0 Å². The summed E-state index contributed by atoms with van der Waals surface area (Å²) in [4.78, 5) is 34.3. The van der Waals surface area contributed by atoms with Crippen molar-refractivity contribution >= 4 is 27.7 Å². The second-order valence-corrected chi connectivity index (χ2v) is 9.13. The van der Waals surface area contributed by atoms with Gasteiger partial charge in [-0.25, -0.2) is 4.98 Å². The van der Waals surface area contributed by atoms with Crippen LogP contribution in [-0.4, -0.2) is 52.8 Å². The maximum atomic E-state index is 13.2. The van der Waals surface area contributed by atoms with Gasteiger partial charge in [-0.1, -0.05) is 28.8 Å². The lowest BCUT2D eigenvalue weighted by Gasteiger charge is -2.34. The van der Waals surface area contributed by atoms with E-state index < -0.39 is 0 Å². The highest BCUT2D eigenvalue weighted by Gasteiger charge is 2.31. The van der Waals surface area contributed by atoms with Crippen LogP contribution in [0.4, 0.5) is 0 Å². The Balaban J connectivity index is 1.38. The number of aromatic nitrogens is 1. The van der Waals surface area contributed by atoms with Crippen molar-refractivity contribution in [3.63, 3.8) is 0 Å². The maximum Gasteiger partial charge on any atom is 0.259 e. The van der Waals surface area contributed by atoms with Crippen molar-refractivity contribution in [1.29, 1.82) is 0 Å². The number of piperidine rings is 1. The van der Waals surface area contributed by atoms with Crippen molar-refractivity contribution in [2.75, 3.05) is 26.2 Å². The van der Waals surface area contributed by atoms with Crippen LogP contribution in [0.2, 0.25) is 0 Å². The molecule has 4 rings (SSSR count). The standard InChI is InChI=1S/C24H28BrN3O3/c25-19-7-9-20(10-8-19)31-22-21(6-5-13-26-22)24(30)28-16-11-18(12-17-28)23(29)27-14-3-1-2-4-15-27/h5-10,13,18H,1-4,11-12,14-17H2. The normalized spacial score (nSPS) is 17.8. The molecule has 2 aliphatic heterocycles. The number of hydrogen-bond acceptors (Lipinski definition) is 4. The van der Waals surface area contributed by atoms with E-state index in [4.69, 9.17) is 4.74 Å². The molecule has 0 saturated carbocycles. The molecule has 3 heterocycles. The molecule has 1 aromatic carbocycles. The topological polar surface area (TPSA) is 62.7 Å². The largest absolute Gasteiger partial charge is 0.438 e. The van der Waals surface area contributed by atoms with E-state index in [0.29, 0.717) is 43.1 Å². The molecule has 0 unspecified atom stereocenters. The van der Waals surface area contributed by atoms with E-state index in [1.807, 2.05) is 34.1 Å². The molecule has 2 amide bonds. The summed E-state index contributed by atoms with van der Waals surface area (Å²) in [6, 6.07) is 10.9. The predicted molar refractivity (Wildman–Crippen MR) is 122 cm³/mol. The second-order valence-electron chi connectivity index (χ2n) is 8.22. The Kier molecular flexibility index (Phi) is 7.22. The van der Waals surface area contributed by atoms with Crippen LogP contribution in [0.25, 0.3) is 0 Å². The van der Waals surface area contributed by atoms with Crippen molar-refractivity contribution < 1.29 is 14.3 Å². The van der Waals surface area contributed by atoms with Crippen LogP contribution in [-0.2, 0) is 4.79 Å². The number of hydrogen-bond donors (Lipinski definition) is 0. The van der Waals surface area contributed by atoms with Gasteiger partial charge in [-0.2, -0.15) is 0 Å². The summed E-state index contributed by atoms with van der Waals surface area (Å²) in [5.41, 5.74) is 0.447. The van der Waals surface area contributed by atoms with E-state index in [0.717, 1.165) is 30.4 Å². The Hall–Kier alpha value is -2.41. The average Bonchev–Trinajstić information content (AvgIpc) is 3.10. The number of nitrogens with zero attached hydrogens (tertiary/aromatic N) is 3. The molecule has 164 valence electrons. The van der Waals surface area contributed by atoms with E-state index >= 15 is 0 Å². The fraction of sp³-hybridized carbons (Fsp3) is 0.458. The van der Waals surface area contributed by atoms with Crippen molar-refractivity contribution in [2.45, 2.75) is 38.5 Å². The molecule has 2 aromatic rings. The van der Waals surface area contributed by atoms with E-state index in [2.05, 4.69) is 20.9 Å². The van der Waals surface area contributed by atoms with Crippen LogP contribution in [0, 0.1) is 5.92 Å². The maximum absolute atomic E-state index is 13.2. The highest BCUT2D eigenvalue weighted by molar-refractivity contribution is 9.10. The van der Waals surface area contributed by atoms with Crippen LogP contribution in [0.1, 0.15) is 48.9 Å². The molecule has 0 aliphatic carbocycles. The highest BCUT2D eigenvalue weighted by atomic mass is 79.9. The van der Waals surface area contributed by atoms with Crippen LogP contribution in [0.5, 0.6) is 11.6 Å². The Morgan fingerprint density at radius 3 is 2.26 bits per heavy atom. The second kappa shape index (κ2) is 10.3. The lowest BCUT2D eigenvalue weighted by molar-refractivity contribution is -0.136. The minimum Gasteiger partial charge on any atom is -0.438 e. The third-order valence-electron chi connectivity index (χ3n) is 6.08. The van der Waals surface area contributed by atoms with Crippen molar-refractivity contribution in [1.82, 2.24) is 14.8 Å². The molecule has 31 heavy (non-hydrogen) atoms. The van der Waals surface area contributed by atoms with Crippen molar-refractivity contribution in [3.8, 4) is 11.6 Å². The Morgan fingerprint density at radius 1 is 0.903 bits per heavy atom. The van der Waals surface area contributed by atoms with Gasteiger partial charge in [0.2, 0.25) is 11.8 Å². The minimum absolute atomic E-state index is 0.0227. The van der Waals surface area contributed by atoms with Gasteiger partial charge in [-0.3, -0.25) is 9.59 Å². The van der Waals surface area contributed by atoms with Gasteiger partial charge in [-0.15, -0.1) is 0 Å². The zero-order chi connectivity index (χ0) is 21.6. The molecule has 6 nitrogen and oxygen atoms in total. The first kappa shape index (κ1) is 21.8. The number of rotatable bonds is 4. The molecule has 1 aromatic heterocycles. The van der Waals surface area contributed by atoms with Gasteiger partial charge < -0.3 is 14.5 Å². The van der Waals surface area contributed by atoms with Gasteiger partial charge in [0.05, 0.1) is 0 Å². The summed E-state index contributed by atoms with van der Waals surface area (Å²) in [7, 11) is 0. The molecule has 2 fully saturated rings. The Bertz CT molecular complexity index is 903. The lowest BCUT2D eigenvalue weighted by Crippen LogP contribution is -2.44. The summed E-state index contributed by atoms with van der Waals surface area (Å²) >= 11 is 3.41. The number of pyridine rings is 1. The van der Waals surface area contributed by atoms with Gasteiger partial charge in [0, 0.05) is 42.8 Å².